The van der Waals surface area contributed by atoms with Crippen LogP contribution in [-0.4, -0.2) is 21.3 Å². The fourth-order valence-electron chi connectivity index (χ4n) is 1.25. The first-order chi connectivity index (χ1) is 8.76. The molecule has 0 saturated heterocycles. The first-order valence-electron chi connectivity index (χ1n) is 5.21. The standard InChI is InChI=1S/C11H12F3NO3S/c1-2-3-8-15-19(16,17)10-7-5-4-6-9(10)18-11(12,13)14/h2,4-7,15H,1,3,8H2. The molecular formula is C11H12F3NO3S. The van der Waals surface area contributed by atoms with Crippen molar-refractivity contribution < 1.29 is 26.3 Å². The molecule has 0 amide bonds. The van der Waals surface area contributed by atoms with Gasteiger partial charge in [0.05, 0.1) is 0 Å². The van der Waals surface area contributed by atoms with Gasteiger partial charge in [0, 0.05) is 6.54 Å². The Bertz CT molecular complexity index is 540. The Balaban J connectivity index is 3.02. The number of para-hydroxylation sites is 1. The van der Waals surface area contributed by atoms with Crippen LogP contribution in [0.3, 0.4) is 0 Å². The monoisotopic (exact) mass is 295 g/mol. The van der Waals surface area contributed by atoms with Crippen LogP contribution in [0.5, 0.6) is 5.75 Å². The van der Waals surface area contributed by atoms with E-state index in [-0.39, 0.29) is 6.54 Å². The van der Waals surface area contributed by atoms with Crippen LogP contribution in [0.1, 0.15) is 6.42 Å². The molecule has 0 heterocycles. The number of rotatable bonds is 6. The van der Waals surface area contributed by atoms with Gasteiger partial charge in [-0.15, -0.1) is 19.8 Å². The fourth-order valence-corrected chi connectivity index (χ4v) is 2.43. The van der Waals surface area contributed by atoms with E-state index in [1.54, 1.807) is 0 Å². The number of ether oxygens (including phenoxy) is 1. The first-order valence-corrected chi connectivity index (χ1v) is 6.70. The van der Waals surface area contributed by atoms with Crippen molar-refractivity contribution >= 4 is 10.0 Å². The van der Waals surface area contributed by atoms with Crippen LogP contribution in [0, 0.1) is 0 Å². The molecule has 0 aliphatic rings. The number of sulfonamides is 1. The summed E-state index contributed by atoms with van der Waals surface area (Å²) >= 11 is 0. The molecule has 0 atom stereocenters. The average molecular weight is 295 g/mol. The predicted octanol–water partition coefficient (Wildman–Crippen LogP) is 2.44. The zero-order valence-electron chi connectivity index (χ0n) is 9.77. The minimum Gasteiger partial charge on any atom is -0.404 e. The maximum atomic E-state index is 12.2. The van der Waals surface area contributed by atoms with Gasteiger partial charge >= 0.3 is 6.36 Å². The lowest BCUT2D eigenvalue weighted by molar-refractivity contribution is -0.275. The molecule has 1 aromatic rings. The number of hydrogen-bond acceptors (Lipinski definition) is 3. The lowest BCUT2D eigenvalue weighted by Crippen LogP contribution is -2.26. The van der Waals surface area contributed by atoms with E-state index < -0.39 is 27.0 Å². The second-order valence-electron chi connectivity index (χ2n) is 3.47. The van der Waals surface area contributed by atoms with Crippen LogP contribution in [0.2, 0.25) is 0 Å². The van der Waals surface area contributed by atoms with Gasteiger partial charge in [0.15, 0.2) is 0 Å². The van der Waals surface area contributed by atoms with Gasteiger partial charge in [-0.25, -0.2) is 13.1 Å². The van der Waals surface area contributed by atoms with E-state index in [2.05, 4.69) is 16.0 Å². The summed E-state index contributed by atoms with van der Waals surface area (Å²) in [5, 5.41) is 0. The summed E-state index contributed by atoms with van der Waals surface area (Å²) in [7, 11) is -4.06. The van der Waals surface area contributed by atoms with Gasteiger partial charge in [-0.2, -0.15) is 0 Å². The van der Waals surface area contributed by atoms with Gasteiger partial charge in [-0.1, -0.05) is 18.2 Å². The summed E-state index contributed by atoms with van der Waals surface area (Å²) in [6.07, 6.45) is -3.10. The molecule has 1 N–H and O–H groups in total. The van der Waals surface area contributed by atoms with Crippen molar-refractivity contribution in [2.45, 2.75) is 17.7 Å². The second-order valence-corrected chi connectivity index (χ2v) is 5.21. The molecule has 4 nitrogen and oxygen atoms in total. The topological polar surface area (TPSA) is 55.4 Å². The maximum Gasteiger partial charge on any atom is 0.573 e. The normalized spacial score (nSPS) is 12.2. The Morgan fingerprint density at radius 2 is 1.95 bits per heavy atom. The van der Waals surface area contributed by atoms with E-state index in [9.17, 15) is 21.6 Å². The first kappa shape index (κ1) is 15.5. The smallest absolute Gasteiger partial charge is 0.404 e. The quantitative estimate of drug-likeness (QED) is 0.648. The summed E-state index contributed by atoms with van der Waals surface area (Å²) < 4.78 is 66.0. The van der Waals surface area contributed by atoms with Gasteiger partial charge in [0.25, 0.3) is 0 Å². The summed E-state index contributed by atoms with van der Waals surface area (Å²) in [6.45, 7) is 3.46. The molecule has 1 rings (SSSR count). The van der Waals surface area contributed by atoms with Crippen LogP contribution in [0.15, 0.2) is 41.8 Å². The van der Waals surface area contributed by atoms with Crippen LogP contribution in [0.25, 0.3) is 0 Å². The van der Waals surface area contributed by atoms with Crippen LogP contribution >= 0.6 is 0 Å². The minimum absolute atomic E-state index is 0.0478. The third-order valence-corrected chi connectivity index (χ3v) is 3.51. The van der Waals surface area contributed by atoms with Crippen molar-refractivity contribution in [3.8, 4) is 5.75 Å². The predicted molar refractivity (Wildman–Crippen MR) is 63.1 cm³/mol. The molecule has 0 bridgehead atoms. The van der Waals surface area contributed by atoms with E-state index in [4.69, 9.17) is 0 Å². The molecule has 0 radical (unpaired) electrons. The molecule has 106 valence electrons. The molecular weight excluding hydrogens is 283 g/mol. The van der Waals surface area contributed by atoms with Crippen LogP contribution < -0.4 is 9.46 Å². The van der Waals surface area contributed by atoms with Gasteiger partial charge in [0.1, 0.15) is 10.6 Å². The van der Waals surface area contributed by atoms with Crippen molar-refractivity contribution in [2.24, 2.45) is 0 Å². The molecule has 0 fully saturated rings. The number of benzene rings is 1. The molecule has 0 aliphatic carbocycles. The Morgan fingerprint density at radius 3 is 2.53 bits per heavy atom. The van der Waals surface area contributed by atoms with Gasteiger partial charge in [0.2, 0.25) is 10.0 Å². The highest BCUT2D eigenvalue weighted by Crippen LogP contribution is 2.29. The largest absolute Gasteiger partial charge is 0.573 e. The molecule has 8 heteroatoms. The Labute approximate surface area is 108 Å². The summed E-state index contributed by atoms with van der Waals surface area (Å²) in [5.41, 5.74) is 0. The summed E-state index contributed by atoms with van der Waals surface area (Å²) in [5.74, 6) is -0.763. The molecule has 0 spiro atoms. The number of nitrogens with one attached hydrogen (secondary N) is 1. The Hall–Kier alpha value is -1.54. The molecule has 0 unspecified atom stereocenters. The Morgan fingerprint density at radius 1 is 1.32 bits per heavy atom. The lowest BCUT2D eigenvalue weighted by Gasteiger charge is -2.13. The van der Waals surface area contributed by atoms with Gasteiger partial charge in [-0.3, -0.25) is 0 Å². The van der Waals surface area contributed by atoms with E-state index in [1.807, 2.05) is 0 Å². The van der Waals surface area contributed by atoms with Crippen molar-refractivity contribution in [3.05, 3.63) is 36.9 Å². The van der Waals surface area contributed by atoms with Crippen molar-refractivity contribution in [1.82, 2.24) is 4.72 Å². The molecule has 0 saturated carbocycles. The zero-order valence-corrected chi connectivity index (χ0v) is 10.6. The Kier molecular flexibility index (Phi) is 4.96. The van der Waals surface area contributed by atoms with Crippen LogP contribution in [0.4, 0.5) is 13.2 Å². The number of halogens is 3. The third kappa shape index (κ3) is 4.92. The minimum atomic E-state index is -4.95. The van der Waals surface area contributed by atoms with Crippen molar-refractivity contribution in [2.75, 3.05) is 6.54 Å². The fraction of sp³-hybridized carbons (Fsp3) is 0.273. The van der Waals surface area contributed by atoms with Gasteiger partial charge < -0.3 is 4.74 Å². The van der Waals surface area contributed by atoms with Crippen molar-refractivity contribution in [1.29, 1.82) is 0 Å². The van der Waals surface area contributed by atoms with Gasteiger partial charge in [-0.05, 0) is 18.6 Å². The van der Waals surface area contributed by atoms with E-state index in [1.165, 1.54) is 18.2 Å². The molecule has 19 heavy (non-hydrogen) atoms. The van der Waals surface area contributed by atoms with Crippen LogP contribution in [-0.2, 0) is 10.0 Å². The summed E-state index contributed by atoms with van der Waals surface area (Å²) in [4.78, 5) is -0.559. The third-order valence-electron chi connectivity index (χ3n) is 2.00. The van der Waals surface area contributed by atoms with E-state index in [0.717, 1.165) is 12.1 Å². The lowest BCUT2D eigenvalue weighted by atomic mass is 10.3. The van der Waals surface area contributed by atoms with E-state index in [0.29, 0.717) is 6.42 Å². The highest BCUT2D eigenvalue weighted by atomic mass is 32.2. The highest BCUT2D eigenvalue weighted by molar-refractivity contribution is 7.89. The zero-order chi connectivity index (χ0) is 14.5. The maximum absolute atomic E-state index is 12.2. The second kappa shape index (κ2) is 6.07. The van der Waals surface area contributed by atoms with Crippen molar-refractivity contribution in [3.63, 3.8) is 0 Å². The number of hydrogen-bond donors (Lipinski definition) is 1. The highest BCUT2D eigenvalue weighted by Gasteiger charge is 2.33. The number of alkyl halides is 3. The summed E-state index contributed by atoms with van der Waals surface area (Å²) in [6, 6.07) is 4.54. The SMILES string of the molecule is C=CCCNS(=O)(=O)c1ccccc1OC(F)(F)F. The molecule has 0 aliphatic heterocycles. The molecule has 1 aromatic carbocycles. The molecule has 0 aromatic heterocycles. The van der Waals surface area contributed by atoms with E-state index >= 15 is 0 Å². The average Bonchev–Trinajstić information content (AvgIpc) is 2.27.